The number of aromatic nitrogens is 2. The lowest BCUT2D eigenvalue weighted by Gasteiger charge is -2.31. The number of aromatic amines is 1. The number of rotatable bonds is 12. The van der Waals surface area contributed by atoms with E-state index < -0.39 is 24.3 Å². The number of likely N-dealkylation sites (tertiary alicyclic amines) is 2. The lowest BCUT2D eigenvalue weighted by molar-refractivity contribution is -0.136. The highest BCUT2D eigenvalue weighted by molar-refractivity contribution is 6.33. The second-order valence-corrected chi connectivity index (χ2v) is 16.4. The Hall–Kier alpha value is -5.70. The molecule has 0 saturated carbocycles. The van der Waals surface area contributed by atoms with E-state index in [2.05, 4.69) is 20.6 Å². The summed E-state index contributed by atoms with van der Waals surface area (Å²) in [5.74, 6) is 0.0821. The predicted octanol–water partition coefficient (Wildman–Crippen LogP) is 7.37. The zero-order valence-electron chi connectivity index (χ0n) is 34.8. The van der Waals surface area contributed by atoms with Gasteiger partial charge in [0, 0.05) is 47.6 Å². The zero-order valence-corrected chi connectivity index (χ0v) is 35.6. The predicted molar refractivity (Wildman–Crippen MR) is 229 cm³/mol. The quantitative estimate of drug-likeness (QED) is 0.122. The molecule has 4 aromatic rings. The van der Waals surface area contributed by atoms with Gasteiger partial charge in [-0.2, -0.15) is 0 Å². The Morgan fingerprint density at radius 3 is 2.10 bits per heavy atom. The molecule has 5 heterocycles. The van der Waals surface area contributed by atoms with Gasteiger partial charge in [0.2, 0.25) is 17.2 Å². The Morgan fingerprint density at radius 1 is 0.883 bits per heavy atom. The second kappa shape index (κ2) is 17.9. The van der Waals surface area contributed by atoms with Crippen LogP contribution in [0.15, 0.2) is 56.9 Å². The molecule has 60 heavy (non-hydrogen) atoms. The topological polar surface area (TPSA) is 189 Å². The third-order valence-electron chi connectivity index (χ3n) is 12.4. The minimum Gasteiger partial charge on any atom is -0.456 e. The number of halogens is 1. The molecule has 0 aliphatic carbocycles. The number of hydrogen-bond acceptors (Lipinski definition) is 10. The molecule has 0 radical (unpaired) electrons. The Labute approximate surface area is 352 Å². The third-order valence-corrected chi connectivity index (χ3v) is 12.7. The number of alkyl carbamates (subject to hydrolysis) is 2. The van der Waals surface area contributed by atoms with Gasteiger partial charge in [-0.3, -0.25) is 19.4 Å². The van der Waals surface area contributed by atoms with E-state index in [-0.39, 0.29) is 41.2 Å². The number of nitrogens with zero attached hydrogens (tertiary/aromatic N) is 4. The van der Waals surface area contributed by atoms with E-state index in [0.717, 1.165) is 30.5 Å². The minimum atomic E-state index is -0.732. The molecule has 0 spiro atoms. The summed E-state index contributed by atoms with van der Waals surface area (Å²) in [6.07, 6.45) is 7.07. The van der Waals surface area contributed by atoms with Crippen LogP contribution in [0.4, 0.5) is 9.59 Å². The number of carbonyl (C=O) groups is 4. The van der Waals surface area contributed by atoms with E-state index in [1.807, 2.05) is 38.7 Å². The summed E-state index contributed by atoms with van der Waals surface area (Å²) in [5, 5.41) is 6.53. The summed E-state index contributed by atoms with van der Waals surface area (Å²) in [5.41, 5.74) is 4.29. The van der Waals surface area contributed by atoms with Crippen LogP contribution in [0.1, 0.15) is 90.1 Å². The molecule has 6 atom stereocenters. The Balaban J connectivity index is 1.09. The molecule has 15 nitrogen and oxygen atoms in total. The molecular weight excluding hydrogens is 790 g/mol. The van der Waals surface area contributed by atoms with Crippen LogP contribution in [-0.4, -0.2) is 94.9 Å². The highest BCUT2D eigenvalue weighted by atomic mass is 35.5. The van der Waals surface area contributed by atoms with E-state index in [9.17, 15) is 24.0 Å². The summed E-state index contributed by atoms with van der Waals surface area (Å²) in [4.78, 5) is 82.2. The molecule has 7 rings (SSSR count). The van der Waals surface area contributed by atoms with Gasteiger partial charge in [-0.05, 0) is 73.4 Å². The molecule has 16 heteroatoms. The summed E-state index contributed by atoms with van der Waals surface area (Å²) >= 11 is 6.89. The summed E-state index contributed by atoms with van der Waals surface area (Å²) in [7, 11) is 2.56. The van der Waals surface area contributed by atoms with Crippen molar-refractivity contribution >= 4 is 68.8 Å². The second-order valence-electron chi connectivity index (χ2n) is 16.0. The number of methoxy groups -OCH3 is 2. The van der Waals surface area contributed by atoms with Gasteiger partial charge in [0.1, 0.15) is 29.1 Å². The van der Waals surface area contributed by atoms with Crippen molar-refractivity contribution in [1.82, 2.24) is 30.4 Å². The highest BCUT2D eigenvalue weighted by Crippen LogP contribution is 2.37. The summed E-state index contributed by atoms with van der Waals surface area (Å²) in [6.45, 7) is 8.90. The molecule has 2 fully saturated rings. The van der Waals surface area contributed by atoms with Gasteiger partial charge < -0.3 is 39.3 Å². The van der Waals surface area contributed by atoms with E-state index in [4.69, 9.17) is 30.5 Å². The first-order valence-corrected chi connectivity index (χ1v) is 21.1. The highest BCUT2D eigenvalue weighted by Gasteiger charge is 2.40. The molecule has 2 aromatic carbocycles. The number of benzene rings is 2. The normalized spacial score (nSPS) is 19.8. The molecular formula is C44H52ClN7O8. The van der Waals surface area contributed by atoms with Gasteiger partial charge in [0.15, 0.2) is 0 Å². The van der Waals surface area contributed by atoms with Crippen molar-refractivity contribution in [1.29, 1.82) is 0 Å². The molecule has 3 aliphatic heterocycles. The molecule has 4 amide bonds. The molecule has 3 aliphatic rings. The molecule has 3 N–H and O–H groups in total. The van der Waals surface area contributed by atoms with Crippen LogP contribution in [0, 0.1) is 11.8 Å². The van der Waals surface area contributed by atoms with Crippen LogP contribution in [0.2, 0.25) is 5.02 Å². The van der Waals surface area contributed by atoms with Gasteiger partial charge in [0.25, 0.3) is 0 Å². The maximum atomic E-state index is 14.0. The van der Waals surface area contributed by atoms with Gasteiger partial charge in [-0.25, -0.2) is 14.6 Å². The number of carbonyl (C=O) groups excluding carboxylic acids is 4. The van der Waals surface area contributed by atoms with Crippen molar-refractivity contribution < 1.29 is 33.1 Å². The van der Waals surface area contributed by atoms with Crippen LogP contribution in [0.5, 0.6) is 0 Å². The summed E-state index contributed by atoms with van der Waals surface area (Å²) in [6, 6.07) is 6.78. The molecule has 0 unspecified atom stereocenters. The van der Waals surface area contributed by atoms with Gasteiger partial charge in [-0.15, -0.1) is 0 Å². The number of hydrogen-bond donors (Lipinski definition) is 3. The molecule has 2 saturated heterocycles. The SMILES string of the molecule is CC[C@H](C)[C@H](NC(=O)OC)C(=O)N1CCC[C@H]1C1=NC=C(c2cc3oc4ccc(-c5cnc([C@@H]6CCCN6C(=O)[C@@H](NC(=O)OC)[C@@H](C)CC)[nH]5)cc4c(=O)c3cc2Cl)C1. The van der Waals surface area contributed by atoms with Crippen LogP contribution in [0.25, 0.3) is 38.8 Å². The number of aliphatic imine (C=N–C) groups is 1. The molecule has 2 aromatic heterocycles. The average molecular weight is 842 g/mol. The fourth-order valence-corrected chi connectivity index (χ4v) is 8.83. The Morgan fingerprint density at radius 2 is 1.48 bits per heavy atom. The first-order valence-electron chi connectivity index (χ1n) is 20.7. The number of allylic oxidation sites excluding steroid dienone is 1. The fourth-order valence-electron chi connectivity index (χ4n) is 8.54. The number of imidazole rings is 1. The maximum Gasteiger partial charge on any atom is 0.407 e. The molecule has 318 valence electrons. The number of H-pyrrole nitrogens is 1. The van der Waals surface area contributed by atoms with E-state index in [1.54, 1.807) is 41.6 Å². The summed E-state index contributed by atoms with van der Waals surface area (Å²) < 4.78 is 15.9. The van der Waals surface area contributed by atoms with Crippen molar-refractivity contribution in [3.63, 3.8) is 0 Å². The van der Waals surface area contributed by atoms with Crippen LogP contribution >= 0.6 is 11.6 Å². The fraction of sp³-hybridized carbons (Fsp3) is 0.477. The third kappa shape index (κ3) is 8.23. The van der Waals surface area contributed by atoms with Gasteiger partial charge in [0.05, 0.1) is 49.0 Å². The average Bonchev–Trinajstić information content (AvgIpc) is 4.11. The maximum absolute atomic E-state index is 14.0. The zero-order chi connectivity index (χ0) is 42.8. The van der Waals surface area contributed by atoms with Crippen LogP contribution in [-0.2, 0) is 19.1 Å². The van der Waals surface area contributed by atoms with Crippen molar-refractivity contribution in [3.8, 4) is 11.3 Å². The van der Waals surface area contributed by atoms with E-state index in [0.29, 0.717) is 88.4 Å². The minimum absolute atomic E-state index is 0.0941. The van der Waals surface area contributed by atoms with Crippen molar-refractivity contribution in [3.05, 3.63) is 69.4 Å². The van der Waals surface area contributed by atoms with E-state index in [1.165, 1.54) is 14.2 Å². The number of amides is 4. The van der Waals surface area contributed by atoms with E-state index >= 15 is 0 Å². The van der Waals surface area contributed by atoms with Crippen LogP contribution < -0.4 is 16.1 Å². The Kier molecular flexibility index (Phi) is 12.6. The molecule has 0 bridgehead atoms. The van der Waals surface area contributed by atoms with Gasteiger partial charge >= 0.3 is 12.2 Å². The van der Waals surface area contributed by atoms with Crippen molar-refractivity contribution in [2.24, 2.45) is 16.8 Å². The first-order chi connectivity index (χ1) is 28.9. The smallest absolute Gasteiger partial charge is 0.407 e. The first kappa shape index (κ1) is 42.4. The number of nitrogens with one attached hydrogen (secondary N) is 3. The Bertz CT molecular complexity index is 2440. The standard InChI is InChI=1S/C44H52ClN7O8/c1-7-23(3)37(49-43(56)58-5)41(54)51-15-9-11-33(51)31-18-26(21-46-31)27-20-36-29(19-30(27)45)39(53)28-17-25(13-14-35(28)60-36)32-22-47-40(48-32)34-12-10-16-52(34)42(55)38(24(4)8-2)50-44(57)59-6/h13-14,17,19-24,33-34,37-38H,7-12,15-16,18H2,1-6H3,(H,47,48)(H,49,56)(H,50,57)/t23-,24-,33-,34-,37-,38-/m0/s1. The monoisotopic (exact) mass is 841 g/mol. The van der Waals surface area contributed by atoms with Gasteiger partial charge in [-0.1, -0.05) is 52.1 Å². The van der Waals surface area contributed by atoms with Crippen molar-refractivity contribution in [2.45, 2.75) is 96.8 Å². The lowest BCUT2D eigenvalue weighted by atomic mass is 9.95. The largest absolute Gasteiger partial charge is 0.456 e. The lowest BCUT2D eigenvalue weighted by Crippen LogP contribution is -2.54. The van der Waals surface area contributed by atoms with Crippen molar-refractivity contribution in [2.75, 3.05) is 27.3 Å². The number of fused-ring (bicyclic) bond motifs is 2. The van der Waals surface area contributed by atoms with Crippen LogP contribution in [0.3, 0.4) is 0 Å². The number of ether oxygens (including phenoxy) is 2.